The molecule has 0 amide bonds. The summed E-state index contributed by atoms with van der Waals surface area (Å²) in [5.74, 6) is 1.07. The van der Waals surface area contributed by atoms with E-state index >= 15 is 0 Å². The zero-order valence-corrected chi connectivity index (χ0v) is 24.4. The van der Waals surface area contributed by atoms with Crippen LogP contribution in [0.5, 0.6) is 0 Å². The third-order valence-electron chi connectivity index (χ3n) is 8.52. The van der Waals surface area contributed by atoms with Crippen molar-refractivity contribution in [3.8, 4) is 0 Å². The molecule has 0 aliphatic carbocycles. The van der Waals surface area contributed by atoms with E-state index in [0.717, 1.165) is 61.5 Å². The normalized spacial score (nSPS) is 24.1. The number of benzene rings is 1. The number of anilines is 1. The lowest BCUT2D eigenvalue weighted by Crippen LogP contribution is -2.52. The molecule has 5 atom stereocenters. The number of aromatic nitrogens is 4. The lowest BCUT2D eigenvalue weighted by molar-refractivity contribution is -0.206. The van der Waals surface area contributed by atoms with Crippen molar-refractivity contribution in [1.82, 2.24) is 24.6 Å². The fourth-order valence-corrected chi connectivity index (χ4v) is 6.96. The van der Waals surface area contributed by atoms with Crippen LogP contribution >= 0.6 is 23.2 Å². The van der Waals surface area contributed by atoms with Gasteiger partial charge in [0.2, 0.25) is 0 Å². The topological polar surface area (TPSA) is 70.3 Å². The average molecular weight is 600 g/mol. The maximum Gasteiger partial charge on any atom is 0.414 e. The molecule has 5 rings (SSSR count). The molecular weight excluding hydrogens is 564 g/mol. The van der Waals surface area contributed by atoms with Crippen molar-refractivity contribution in [2.24, 2.45) is 5.92 Å². The molecule has 2 aliphatic heterocycles. The first kappa shape index (κ1) is 29.4. The summed E-state index contributed by atoms with van der Waals surface area (Å²) in [4.78, 5) is 14.3. The van der Waals surface area contributed by atoms with E-state index in [9.17, 15) is 18.3 Å². The zero-order chi connectivity index (χ0) is 28.8. The molecule has 1 N–H and O–H groups in total. The second-order valence-corrected chi connectivity index (χ2v) is 12.1. The van der Waals surface area contributed by atoms with E-state index in [0.29, 0.717) is 22.1 Å². The van der Waals surface area contributed by atoms with Gasteiger partial charge in [0.25, 0.3) is 0 Å². The van der Waals surface area contributed by atoms with Gasteiger partial charge in [0, 0.05) is 35.2 Å². The van der Waals surface area contributed by atoms with Crippen LogP contribution in [0.4, 0.5) is 19.0 Å². The number of halogens is 5. The van der Waals surface area contributed by atoms with Gasteiger partial charge in [0.05, 0.1) is 17.9 Å². The van der Waals surface area contributed by atoms with Crippen molar-refractivity contribution >= 4 is 40.2 Å². The van der Waals surface area contributed by atoms with Crippen LogP contribution in [0.15, 0.2) is 24.4 Å². The Morgan fingerprint density at radius 2 is 1.95 bits per heavy atom. The van der Waals surface area contributed by atoms with Gasteiger partial charge in [0.15, 0.2) is 5.65 Å². The van der Waals surface area contributed by atoms with Crippen LogP contribution in [0.1, 0.15) is 63.3 Å². The monoisotopic (exact) mass is 598 g/mol. The Morgan fingerprint density at radius 1 is 1.18 bits per heavy atom. The number of hydrogen-bond donors (Lipinski definition) is 1. The van der Waals surface area contributed by atoms with E-state index in [-0.39, 0.29) is 30.5 Å². The number of aliphatic hydroxyl groups excluding tert-OH is 1. The highest BCUT2D eigenvalue weighted by Gasteiger charge is 2.41. The van der Waals surface area contributed by atoms with Crippen LogP contribution in [0.25, 0.3) is 11.2 Å². The maximum absolute atomic E-state index is 12.8. The molecule has 2 aliphatic rings. The van der Waals surface area contributed by atoms with Gasteiger partial charge in [-0.05, 0) is 76.1 Å². The summed E-state index contributed by atoms with van der Waals surface area (Å²) in [5.41, 5.74) is 3.10. The predicted molar refractivity (Wildman–Crippen MR) is 151 cm³/mol. The number of nitrogens with zero attached hydrogens (tertiary/aromatic N) is 6. The van der Waals surface area contributed by atoms with E-state index in [1.54, 1.807) is 12.3 Å². The fraction of sp³-hybridized carbons (Fsp3) is 0.607. The van der Waals surface area contributed by atoms with Gasteiger partial charge in [0.1, 0.15) is 17.4 Å². The summed E-state index contributed by atoms with van der Waals surface area (Å²) in [7, 11) is 0. The van der Waals surface area contributed by atoms with Crippen LogP contribution in [0, 0.1) is 12.8 Å². The van der Waals surface area contributed by atoms with Crippen LogP contribution < -0.4 is 4.90 Å². The second kappa shape index (κ2) is 11.6. The summed E-state index contributed by atoms with van der Waals surface area (Å²) in [5, 5.41) is 15.4. The number of hydrogen-bond acceptors (Lipinski definition) is 6. The lowest BCUT2D eigenvalue weighted by atomic mass is 9.91. The lowest BCUT2D eigenvalue weighted by Gasteiger charge is -2.44. The standard InChI is InChI=1S/C28H35Cl2F3N6O/c1-16-15-37(12-10-23(16)38-11-4-5-20(38)7-9-24(40)28(31,32)33)25-14-34-26-17(2)36-39(27(26)35-25)18(3)21-8-6-19(29)13-22(21)30/h6,8,13-14,16,18,20,23-24,40H,4-5,7,9-12,15H2,1-3H3/t16?,18-,20+,23?,24?/m1/s1. The first-order valence-electron chi connectivity index (χ1n) is 13.9. The molecule has 2 aromatic heterocycles. The van der Waals surface area contributed by atoms with Crippen molar-refractivity contribution in [2.45, 2.75) is 83.3 Å². The first-order chi connectivity index (χ1) is 18.9. The number of rotatable bonds is 7. The van der Waals surface area contributed by atoms with Crippen molar-refractivity contribution in [1.29, 1.82) is 0 Å². The molecule has 218 valence electrons. The van der Waals surface area contributed by atoms with E-state index in [4.69, 9.17) is 38.3 Å². The molecule has 4 heterocycles. The number of aryl methyl sites for hydroxylation is 1. The van der Waals surface area contributed by atoms with Gasteiger partial charge >= 0.3 is 6.18 Å². The minimum atomic E-state index is -4.56. The Labute approximate surface area is 242 Å². The third kappa shape index (κ3) is 5.91. The van der Waals surface area contributed by atoms with E-state index in [1.165, 1.54) is 0 Å². The van der Waals surface area contributed by atoms with E-state index < -0.39 is 12.3 Å². The molecule has 40 heavy (non-hydrogen) atoms. The highest BCUT2D eigenvalue weighted by molar-refractivity contribution is 6.35. The minimum Gasteiger partial charge on any atom is -0.384 e. The number of alkyl halides is 3. The molecule has 2 fully saturated rings. The Kier molecular flexibility index (Phi) is 8.53. The third-order valence-corrected chi connectivity index (χ3v) is 9.08. The van der Waals surface area contributed by atoms with Gasteiger partial charge in [-0.25, -0.2) is 14.6 Å². The van der Waals surface area contributed by atoms with Gasteiger partial charge in [-0.2, -0.15) is 18.3 Å². The number of likely N-dealkylation sites (tertiary alicyclic amines) is 1. The van der Waals surface area contributed by atoms with Crippen molar-refractivity contribution < 1.29 is 18.3 Å². The minimum absolute atomic E-state index is 0.0747. The van der Waals surface area contributed by atoms with E-state index in [2.05, 4.69) is 16.7 Å². The summed E-state index contributed by atoms with van der Waals surface area (Å²) in [6, 6.07) is 5.60. The highest BCUT2D eigenvalue weighted by atomic mass is 35.5. The van der Waals surface area contributed by atoms with Gasteiger partial charge in [-0.1, -0.05) is 36.2 Å². The molecule has 12 heteroatoms. The first-order valence-corrected chi connectivity index (χ1v) is 14.6. The molecule has 0 saturated carbocycles. The molecule has 0 radical (unpaired) electrons. The van der Waals surface area contributed by atoms with Gasteiger partial charge in [-0.15, -0.1) is 0 Å². The van der Waals surface area contributed by atoms with Crippen molar-refractivity contribution in [3.05, 3.63) is 45.7 Å². The summed E-state index contributed by atoms with van der Waals surface area (Å²) in [6.45, 7) is 8.55. The van der Waals surface area contributed by atoms with Crippen molar-refractivity contribution in [2.75, 3.05) is 24.5 Å². The average Bonchev–Trinajstić information content (AvgIpc) is 3.50. The van der Waals surface area contributed by atoms with Crippen LogP contribution in [0.2, 0.25) is 10.0 Å². The Balaban J connectivity index is 1.31. The molecule has 0 bridgehead atoms. The van der Waals surface area contributed by atoms with Gasteiger partial charge in [-0.3, -0.25) is 4.90 Å². The summed E-state index contributed by atoms with van der Waals surface area (Å²) < 4.78 is 40.4. The molecule has 7 nitrogen and oxygen atoms in total. The van der Waals surface area contributed by atoms with Crippen LogP contribution in [-0.4, -0.2) is 73.8 Å². The number of piperidine rings is 1. The van der Waals surface area contributed by atoms with E-state index in [1.807, 2.05) is 30.7 Å². The smallest absolute Gasteiger partial charge is 0.384 e. The molecule has 3 aromatic rings. The fourth-order valence-electron chi connectivity index (χ4n) is 6.39. The molecular formula is C28H35Cl2F3N6O. The Morgan fingerprint density at radius 3 is 2.65 bits per heavy atom. The largest absolute Gasteiger partial charge is 0.414 e. The SMILES string of the molecule is Cc1nn([C@H](C)c2ccc(Cl)cc2Cl)c2nc(N3CCC(N4CCC[C@H]4CCC(O)C(F)(F)F)C(C)C3)cnc12. The summed E-state index contributed by atoms with van der Waals surface area (Å²) in [6.07, 6.45) is -2.18. The highest BCUT2D eigenvalue weighted by Crippen LogP contribution is 2.35. The molecule has 1 aromatic carbocycles. The molecule has 2 saturated heterocycles. The van der Waals surface area contributed by atoms with Crippen LogP contribution in [0.3, 0.4) is 0 Å². The Bertz CT molecular complexity index is 1350. The molecule has 3 unspecified atom stereocenters. The predicted octanol–water partition coefficient (Wildman–Crippen LogP) is 6.43. The quantitative estimate of drug-likeness (QED) is 0.338. The Hall–Kier alpha value is -2.14. The van der Waals surface area contributed by atoms with Gasteiger partial charge < -0.3 is 10.0 Å². The number of aliphatic hydroxyl groups is 1. The summed E-state index contributed by atoms with van der Waals surface area (Å²) >= 11 is 12.6. The second-order valence-electron chi connectivity index (χ2n) is 11.2. The van der Waals surface area contributed by atoms with Crippen molar-refractivity contribution in [3.63, 3.8) is 0 Å². The number of fused-ring (bicyclic) bond motifs is 1. The van der Waals surface area contributed by atoms with Crippen LogP contribution in [-0.2, 0) is 0 Å². The zero-order valence-electron chi connectivity index (χ0n) is 22.9. The molecule has 0 spiro atoms. The maximum atomic E-state index is 12.8.